The minimum atomic E-state index is -3.73. The van der Waals surface area contributed by atoms with E-state index >= 15 is 0 Å². The van der Waals surface area contributed by atoms with E-state index in [-0.39, 0.29) is 10.8 Å². The van der Waals surface area contributed by atoms with Crippen LogP contribution in [0.4, 0.5) is 0 Å². The summed E-state index contributed by atoms with van der Waals surface area (Å²) in [5, 5.41) is 7.73. The third-order valence-electron chi connectivity index (χ3n) is 6.59. The highest BCUT2D eigenvalue weighted by atomic mass is 32.2. The molecule has 1 aromatic heterocycles. The molecule has 0 spiro atoms. The number of likely N-dealkylation sites (tertiary alicyclic amines) is 1. The van der Waals surface area contributed by atoms with Crippen LogP contribution in [0.15, 0.2) is 63.9 Å². The van der Waals surface area contributed by atoms with Crippen molar-refractivity contribution < 1.29 is 13.2 Å². The standard InChI is InChI=1S/C25H27N5O3S/c1-17-21(18(2)30(27-17)16-19-9-4-3-5-10-19)15-26-25(31)22-12-8-14-29(22)24-20-11-6-7-13-23(20)34(32,33)28-24/h3-7,9-11,13,22H,8,12,14-16H2,1-2H3,(H,26,31)/t22-/m0/s1. The van der Waals surface area contributed by atoms with E-state index in [0.29, 0.717) is 37.5 Å². The van der Waals surface area contributed by atoms with Crippen LogP contribution in [0.25, 0.3) is 0 Å². The maximum absolute atomic E-state index is 13.2. The van der Waals surface area contributed by atoms with Crippen molar-refractivity contribution in [3.05, 3.63) is 82.7 Å². The second kappa shape index (κ2) is 8.72. The molecule has 8 nitrogen and oxygen atoms in total. The molecular weight excluding hydrogens is 450 g/mol. The molecule has 2 aromatic carbocycles. The average Bonchev–Trinajstić information content (AvgIpc) is 3.49. The Kier molecular flexibility index (Phi) is 5.73. The van der Waals surface area contributed by atoms with E-state index in [2.05, 4.69) is 26.9 Å². The van der Waals surface area contributed by atoms with Gasteiger partial charge in [-0.05, 0) is 44.4 Å². The molecule has 0 bridgehead atoms. The first kappa shape index (κ1) is 22.3. The molecule has 0 radical (unpaired) electrons. The van der Waals surface area contributed by atoms with Crippen LogP contribution in [-0.4, -0.2) is 47.4 Å². The summed E-state index contributed by atoms with van der Waals surface area (Å²) in [6.45, 7) is 5.60. The second-order valence-corrected chi connectivity index (χ2v) is 10.3. The van der Waals surface area contributed by atoms with E-state index < -0.39 is 16.1 Å². The Balaban J connectivity index is 1.31. The van der Waals surface area contributed by atoms with Crippen molar-refractivity contribution in [1.82, 2.24) is 20.0 Å². The summed E-state index contributed by atoms with van der Waals surface area (Å²) in [7, 11) is -3.73. The van der Waals surface area contributed by atoms with E-state index in [0.717, 1.165) is 28.9 Å². The lowest BCUT2D eigenvalue weighted by Crippen LogP contribution is -2.45. The van der Waals surface area contributed by atoms with Gasteiger partial charge in [-0.25, -0.2) is 0 Å². The van der Waals surface area contributed by atoms with Gasteiger partial charge in [0, 0.05) is 29.9 Å². The highest BCUT2D eigenvalue weighted by Gasteiger charge is 2.39. The maximum Gasteiger partial charge on any atom is 0.285 e. The van der Waals surface area contributed by atoms with Crippen molar-refractivity contribution in [2.24, 2.45) is 4.40 Å². The molecule has 1 amide bonds. The number of rotatable bonds is 5. The molecule has 0 aliphatic carbocycles. The number of amides is 1. The number of benzene rings is 2. The molecule has 1 N–H and O–H groups in total. The van der Waals surface area contributed by atoms with Gasteiger partial charge in [0.25, 0.3) is 10.0 Å². The largest absolute Gasteiger partial charge is 0.350 e. The number of hydrogen-bond donors (Lipinski definition) is 1. The van der Waals surface area contributed by atoms with Crippen molar-refractivity contribution in [3.8, 4) is 0 Å². The van der Waals surface area contributed by atoms with Crippen molar-refractivity contribution in [1.29, 1.82) is 0 Å². The Bertz CT molecular complexity index is 1380. The van der Waals surface area contributed by atoms with Crippen LogP contribution in [0.5, 0.6) is 0 Å². The highest BCUT2D eigenvalue weighted by Crippen LogP contribution is 2.31. The lowest BCUT2D eigenvalue weighted by Gasteiger charge is -2.25. The number of nitrogens with one attached hydrogen (secondary N) is 1. The first-order valence-corrected chi connectivity index (χ1v) is 12.8. The number of sulfonamides is 1. The SMILES string of the molecule is Cc1nn(Cc2ccccc2)c(C)c1CNC(=O)[C@@H]1CCCN1C1=NS(=O)(=O)c2ccccc21. The molecule has 0 unspecified atom stereocenters. The van der Waals surface area contributed by atoms with E-state index in [1.165, 1.54) is 0 Å². The van der Waals surface area contributed by atoms with Gasteiger partial charge in [0.2, 0.25) is 5.91 Å². The Morgan fingerprint density at radius 3 is 2.62 bits per heavy atom. The molecular formula is C25H27N5O3S. The molecule has 3 aromatic rings. The predicted octanol–water partition coefficient (Wildman–Crippen LogP) is 2.78. The number of aromatic nitrogens is 2. The summed E-state index contributed by atoms with van der Waals surface area (Å²) < 4.78 is 31.0. The third kappa shape index (κ3) is 4.00. The molecule has 1 atom stereocenters. The van der Waals surface area contributed by atoms with Crippen molar-refractivity contribution in [2.75, 3.05) is 6.54 Å². The molecule has 34 heavy (non-hydrogen) atoms. The van der Waals surface area contributed by atoms with Crippen molar-refractivity contribution in [2.45, 2.75) is 50.7 Å². The fraction of sp³-hybridized carbons (Fsp3) is 0.320. The molecule has 2 aliphatic rings. The molecule has 1 fully saturated rings. The molecule has 3 heterocycles. The first-order chi connectivity index (χ1) is 16.3. The van der Waals surface area contributed by atoms with Gasteiger partial charge < -0.3 is 10.2 Å². The van der Waals surface area contributed by atoms with Gasteiger partial charge in [-0.3, -0.25) is 9.48 Å². The van der Waals surface area contributed by atoms with Gasteiger partial charge in [-0.2, -0.15) is 13.5 Å². The van der Waals surface area contributed by atoms with Crippen molar-refractivity contribution in [3.63, 3.8) is 0 Å². The quantitative estimate of drug-likeness (QED) is 0.610. The molecule has 5 rings (SSSR count). The molecule has 176 valence electrons. The Morgan fingerprint density at radius 2 is 1.82 bits per heavy atom. The topological polar surface area (TPSA) is 96.7 Å². The lowest BCUT2D eigenvalue weighted by atomic mass is 10.1. The van der Waals surface area contributed by atoms with Gasteiger partial charge >= 0.3 is 0 Å². The van der Waals surface area contributed by atoms with Crippen LogP contribution >= 0.6 is 0 Å². The fourth-order valence-electron chi connectivity index (χ4n) is 4.78. The van der Waals surface area contributed by atoms with E-state index in [1.54, 1.807) is 24.3 Å². The Hall–Kier alpha value is -3.46. The summed E-state index contributed by atoms with van der Waals surface area (Å²) in [6, 6.07) is 16.5. The summed E-state index contributed by atoms with van der Waals surface area (Å²) in [5.74, 6) is 0.243. The van der Waals surface area contributed by atoms with Gasteiger partial charge in [0.15, 0.2) is 5.84 Å². The van der Waals surface area contributed by atoms with Crippen LogP contribution in [0.1, 0.15) is 40.9 Å². The number of carbonyl (C=O) groups is 1. The van der Waals surface area contributed by atoms with E-state index in [4.69, 9.17) is 0 Å². The summed E-state index contributed by atoms with van der Waals surface area (Å²) in [4.78, 5) is 15.2. The molecule has 0 saturated carbocycles. The first-order valence-electron chi connectivity index (χ1n) is 11.4. The number of amidine groups is 1. The molecule has 2 aliphatic heterocycles. The van der Waals surface area contributed by atoms with Gasteiger partial charge in [-0.1, -0.05) is 42.5 Å². The number of hydrogen-bond acceptors (Lipinski definition) is 5. The summed E-state index contributed by atoms with van der Waals surface area (Å²) in [6.07, 6.45) is 1.45. The molecule has 9 heteroatoms. The van der Waals surface area contributed by atoms with Crippen LogP contribution in [-0.2, 0) is 27.9 Å². The van der Waals surface area contributed by atoms with Gasteiger partial charge in [-0.15, -0.1) is 4.40 Å². The van der Waals surface area contributed by atoms with Crippen molar-refractivity contribution >= 4 is 21.8 Å². The summed E-state index contributed by atoms with van der Waals surface area (Å²) in [5.41, 5.74) is 4.64. The minimum absolute atomic E-state index is 0.128. The summed E-state index contributed by atoms with van der Waals surface area (Å²) >= 11 is 0. The fourth-order valence-corrected chi connectivity index (χ4v) is 6.00. The third-order valence-corrected chi connectivity index (χ3v) is 7.91. The number of nitrogens with zero attached hydrogens (tertiary/aromatic N) is 4. The Labute approximate surface area is 199 Å². The number of fused-ring (bicyclic) bond motifs is 1. The average molecular weight is 478 g/mol. The second-order valence-electron chi connectivity index (χ2n) is 8.75. The van der Waals surface area contributed by atoms with Gasteiger partial charge in [0.1, 0.15) is 10.9 Å². The lowest BCUT2D eigenvalue weighted by molar-refractivity contribution is -0.124. The highest BCUT2D eigenvalue weighted by molar-refractivity contribution is 7.90. The monoisotopic (exact) mass is 477 g/mol. The normalized spacial score (nSPS) is 18.6. The Morgan fingerprint density at radius 1 is 1.09 bits per heavy atom. The predicted molar refractivity (Wildman–Crippen MR) is 129 cm³/mol. The molecule has 1 saturated heterocycles. The van der Waals surface area contributed by atoms with E-state index in [9.17, 15) is 13.2 Å². The van der Waals surface area contributed by atoms with Crippen LogP contribution in [0, 0.1) is 13.8 Å². The van der Waals surface area contributed by atoms with Crippen LogP contribution < -0.4 is 5.32 Å². The minimum Gasteiger partial charge on any atom is -0.350 e. The zero-order valence-corrected chi connectivity index (χ0v) is 20.0. The zero-order chi connectivity index (χ0) is 23.9. The van der Waals surface area contributed by atoms with Gasteiger partial charge in [0.05, 0.1) is 12.2 Å². The van der Waals surface area contributed by atoms with Crippen LogP contribution in [0.3, 0.4) is 0 Å². The van der Waals surface area contributed by atoms with Crippen LogP contribution in [0.2, 0.25) is 0 Å². The zero-order valence-electron chi connectivity index (χ0n) is 19.2. The number of carbonyl (C=O) groups excluding carboxylic acids is 1. The number of aryl methyl sites for hydroxylation is 1. The smallest absolute Gasteiger partial charge is 0.285 e. The van der Waals surface area contributed by atoms with E-state index in [1.807, 2.05) is 41.6 Å². The maximum atomic E-state index is 13.2.